The summed E-state index contributed by atoms with van der Waals surface area (Å²) >= 11 is 0. The van der Waals surface area contributed by atoms with Crippen LogP contribution < -0.4 is 0 Å². The van der Waals surface area contributed by atoms with Crippen molar-refractivity contribution in [3.05, 3.63) is 0 Å². The fraction of sp³-hybridized carbons (Fsp3) is 0.933. The highest BCUT2D eigenvalue weighted by Crippen LogP contribution is 2.50. The number of esters is 1. The molecular weight excluding hydrogens is 470 g/mol. The molecule has 1 saturated heterocycles. The van der Waals surface area contributed by atoms with Gasteiger partial charge in [-0.3, -0.25) is 4.55 Å². The minimum atomic E-state index is -7.13. The topological polar surface area (TPSA) is 140 Å². The van der Waals surface area contributed by atoms with E-state index in [4.69, 9.17) is 14.0 Å². The summed E-state index contributed by atoms with van der Waals surface area (Å²) in [6.45, 7) is -2.12. The maximum atomic E-state index is 13.3. The number of carbonyl (C=O) groups excluding carboxylic acids is 1. The van der Waals surface area contributed by atoms with Crippen LogP contribution in [0.2, 0.25) is 0 Å². The van der Waals surface area contributed by atoms with E-state index in [2.05, 4.69) is 4.74 Å². The number of hydrogen-bond donors (Lipinski definition) is 3. The molecule has 16 heteroatoms. The number of carbonyl (C=O) groups is 1. The van der Waals surface area contributed by atoms with E-state index in [1.807, 2.05) is 0 Å². The molecule has 2 rings (SSSR count). The van der Waals surface area contributed by atoms with Gasteiger partial charge in [0.1, 0.15) is 0 Å². The van der Waals surface area contributed by atoms with Crippen LogP contribution in [-0.2, 0) is 29.1 Å². The van der Waals surface area contributed by atoms with E-state index in [0.29, 0.717) is 6.42 Å². The highest BCUT2D eigenvalue weighted by atomic mass is 32.2. The minimum Gasteiger partial charge on any atom is -0.455 e. The second-order valence-corrected chi connectivity index (χ2v) is 9.06. The van der Waals surface area contributed by atoms with Gasteiger partial charge in [0.25, 0.3) is 0 Å². The molecule has 0 radical (unpaired) electrons. The van der Waals surface area contributed by atoms with Gasteiger partial charge in [-0.1, -0.05) is 0 Å². The Balaban J connectivity index is 2.43. The lowest BCUT2D eigenvalue weighted by Gasteiger charge is -2.49. The highest BCUT2D eigenvalue weighted by Gasteiger charge is 2.85. The van der Waals surface area contributed by atoms with Crippen LogP contribution in [-0.4, -0.2) is 84.6 Å². The fourth-order valence-electron chi connectivity index (χ4n) is 3.43. The van der Waals surface area contributed by atoms with E-state index in [0.717, 1.165) is 0 Å². The number of hydrogen-bond acceptors (Lipinski definition) is 8. The number of ether oxygens (including phenoxy) is 3. The zero-order valence-electron chi connectivity index (χ0n) is 15.7. The maximum absolute atomic E-state index is 13.3. The van der Waals surface area contributed by atoms with Crippen LogP contribution in [0.15, 0.2) is 0 Å². The molecule has 31 heavy (non-hydrogen) atoms. The molecule has 0 aromatic rings. The zero-order valence-corrected chi connectivity index (χ0v) is 16.5. The SMILES string of the molecule is O=C(OC1CCCCC12OCC(CO)(CO)CO2)C(C(F)(F)F)(C(F)(F)F)S(=O)(=O)O. The van der Waals surface area contributed by atoms with E-state index in [1.54, 1.807) is 0 Å². The number of aliphatic hydroxyl groups is 2. The molecule has 2 aliphatic rings. The Morgan fingerprint density at radius 1 is 1.00 bits per heavy atom. The van der Waals surface area contributed by atoms with E-state index >= 15 is 0 Å². The summed E-state index contributed by atoms with van der Waals surface area (Å²) in [6.07, 6.45) is -15.5. The van der Waals surface area contributed by atoms with Gasteiger partial charge in [-0.2, -0.15) is 34.8 Å². The Labute approximate surface area is 172 Å². The molecule has 1 atom stereocenters. The van der Waals surface area contributed by atoms with Gasteiger partial charge in [-0.25, -0.2) is 4.79 Å². The van der Waals surface area contributed by atoms with Crippen LogP contribution in [0.1, 0.15) is 25.7 Å². The predicted molar refractivity (Wildman–Crippen MR) is 86.0 cm³/mol. The average Bonchev–Trinajstić information content (AvgIpc) is 2.61. The van der Waals surface area contributed by atoms with Crippen molar-refractivity contribution in [1.82, 2.24) is 0 Å². The summed E-state index contributed by atoms with van der Waals surface area (Å²) < 4.78 is 120. The first-order valence-electron chi connectivity index (χ1n) is 8.83. The van der Waals surface area contributed by atoms with Crippen LogP contribution in [0.25, 0.3) is 0 Å². The first kappa shape index (κ1) is 26.1. The third-order valence-electron chi connectivity index (χ3n) is 5.37. The largest absolute Gasteiger partial charge is 0.455 e. The van der Waals surface area contributed by atoms with Crippen molar-refractivity contribution in [2.45, 2.75) is 54.7 Å². The van der Waals surface area contributed by atoms with Gasteiger partial charge < -0.3 is 24.4 Å². The number of alkyl halides is 6. The lowest BCUT2D eigenvalue weighted by molar-refractivity contribution is -0.356. The van der Waals surface area contributed by atoms with Crippen molar-refractivity contribution < 1.29 is 68.5 Å². The Kier molecular flexibility index (Phi) is 6.97. The molecule has 2 fully saturated rings. The monoisotopic (exact) mass is 490 g/mol. The Morgan fingerprint density at radius 2 is 1.48 bits per heavy atom. The third kappa shape index (κ3) is 4.25. The quantitative estimate of drug-likeness (QED) is 0.292. The van der Waals surface area contributed by atoms with Crippen LogP contribution in [0.3, 0.4) is 0 Å². The van der Waals surface area contributed by atoms with Gasteiger partial charge in [0.05, 0.1) is 31.8 Å². The molecule has 0 amide bonds. The van der Waals surface area contributed by atoms with E-state index in [1.165, 1.54) is 0 Å². The average molecular weight is 490 g/mol. The normalized spacial score (nSPS) is 24.7. The third-order valence-corrected chi connectivity index (χ3v) is 6.77. The molecule has 0 bridgehead atoms. The molecular formula is C15H20F6O9S. The summed E-state index contributed by atoms with van der Waals surface area (Å²) in [7, 11) is -7.13. The Bertz CT molecular complexity index is 751. The Hall–Kier alpha value is -1.20. The molecule has 1 spiro atoms. The van der Waals surface area contributed by atoms with E-state index in [-0.39, 0.29) is 19.3 Å². The molecule has 1 heterocycles. The van der Waals surface area contributed by atoms with Gasteiger partial charge in [0.15, 0.2) is 6.10 Å². The number of halogens is 6. The van der Waals surface area contributed by atoms with Crippen LogP contribution in [0, 0.1) is 5.41 Å². The molecule has 0 aromatic heterocycles. The fourth-order valence-corrected chi connectivity index (χ4v) is 4.27. The van der Waals surface area contributed by atoms with Crippen molar-refractivity contribution in [2.75, 3.05) is 26.4 Å². The van der Waals surface area contributed by atoms with Crippen molar-refractivity contribution in [1.29, 1.82) is 0 Å². The second kappa shape index (κ2) is 8.30. The first-order valence-corrected chi connectivity index (χ1v) is 10.3. The van der Waals surface area contributed by atoms with Gasteiger partial charge in [0.2, 0.25) is 5.79 Å². The summed E-state index contributed by atoms with van der Waals surface area (Å²) in [4.78, 5) is 12.1. The minimum absolute atomic E-state index is 0.144. The molecule has 0 aromatic carbocycles. The lowest BCUT2D eigenvalue weighted by Crippen LogP contribution is -2.69. The molecule has 1 aliphatic carbocycles. The van der Waals surface area contributed by atoms with E-state index < -0.39 is 76.9 Å². The van der Waals surface area contributed by atoms with Gasteiger partial charge in [-0.15, -0.1) is 0 Å². The van der Waals surface area contributed by atoms with E-state index in [9.17, 15) is 49.8 Å². The summed E-state index contributed by atoms with van der Waals surface area (Å²) in [5, 5.41) is 18.7. The van der Waals surface area contributed by atoms with Gasteiger partial charge in [0, 0.05) is 6.42 Å². The molecule has 1 saturated carbocycles. The molecule has 182 valence electrons. The number of aliphatic hydroxyl groups excluding tert-OH is 2. The summed E-state index contributed by atoms with van der Waals surface area (Å²) in [5.74, 6) is -5.32. The summed E-state index contributed by atoms with van der Waals surface area (Å²) in [6, 6.07) is 0. The van der Waals surface area contributed by atoms with Gasteiger partial charge in [-0.05, 0) is 19.3 Å². The van der Waals surface area contributed by atoms with Gasteiger partial charge >= 0.3 is 33.2 Å². The number of rotatable bonds is 5. The maximum Gasteiger partial charge on any atom is 0.430 e. The molecule has 3 N–H and O–H groups in total. The molecule has 1 aliphatic heterocycles. The van der Waals surface area contributed by atoms with Crippen molar-refractivity contribution >= 4 is 16.1 Å². The summed E-state index contributed by atoms with van der Waals surface area (Å²) in [5.41, 5.74) is -1.31. The smallest absolute Gasteiger partial charge is 0.430 e. The molecule has 1 unspecified atom stereocenters. The van der Waals surface area contributed by atoms with Crippen molar-refractivity contribution in [3.63, 3.8) is 0 Å². The lowest BCUT2D eigenvalue weighted by atomic mass is 9.86. The standard InChI is InChI=1S/C15H20F6O9S/c16-14(17,18)13(15(19,20)21,31(25,26)27)10(24)30-9-3-1-2-4-12(9)28-7-11(5-22,6-23)8-29-12/h9,22-23H,1-8H2,(H,25,26,27). The zero-order chi connectivity index (χ0) is 23.9. The van der Waals surface area contributed by atoms with Crippen molar-refractivity contribution in [2.24, 2.45) is 5.41 Å². The van der Waals surface area contributed by atoms with Crippen molar-refractivity contribution in [3.8, 4) is 0 Å². The van der Waals surface area contributed by atoms with Crippen LogP contribution in [0.5, 0.6) is 0 Å². The molecule has 9 nitrogen and oxygen atoms in total. The predicted octanol–water partition coefficient (Wildman–Crippen LogP) is 0.938. The highest BCUT2D eigenvalue weighted by molar-refractivity contribution is 7.88. The Morgan fingerprint density at radius 3 is 1.87 bits per heavy atom. The first-order chi connectivity index (χ1) is 14.0. The second-order valence-electron chi connectivity index (χ2n) is 7.50. The van der Waals surface area contributed by atoms with Crippen LogP contribution >= 0.6 is 0 Å². The van der Waals surface area contributed by atoms with Crippen LogP contribution in [0.4, 0.5) is 26.3 Å².